The Hall–Kier alpha value is -0.0800. The molecule has 96 valence electrons. The van der Waals surface area contributed by atoms with Crippen LogP contribution < -0.4 is 5.32 Å². The van der Waals surface area contributed by atoms with Crippen LogP contribution in [0.2, 0.25) is 0 Å². The second kappa shape index (κ2) is 6.61. The van der Waals surface area contributed by atoms with Crippen molar-refractivity contribution < 1.29 is 5.11 Å². The highest BCUT2D eigenvalue weighted by atomic mass is 16.3. The van der Waals surface area contributed by atoms with Gasteiger partial charge in [-0.1, -0.05) is 32.6 Å². The third-order valence-electron chi connectivity index (χ3n) is 4.21. The van der Waals surface area contributed by atoms with E-state index in [-0.39, 0.29) is 12.1 Å². The number of hydrogen-bond acceptors (Lipinski definition) is 2. The van der Waals surface area contributed by atoms with Gasteiger partial charge in [0, 0.05) is 11.6 Å². The molecule has 2 atom stereocenters. The van der Waals surface area contributed by atoms with Crippen LogP contribution in [-0.2, 0) is 0 Å². The maximum atomic E-state index is 9.35. The fourth-order valence-electron chi connectivity index (χ4n) is 2.71. The van der Waals surface area contributed by atoms with E-state index in [0.717, 1.165) is 12.3 Å². The van der Waals surface area contributed by atoms with Gasteiger partial charge in [-0.3, -0.25) is 0 Å². The van der Waals surface area contributed by atoms with Gasteiger partial charge in [0.25, 0.3) is 0 Å². The minimum atomic E-state index is -0.0882. The van der Waals surface area contributed by atoms with E-state index in [4.69, 9.17) is 0 Å². The van der Waals surface area contributed by atoms with Crippen LogP contribution in [0.15, 0.2) is 0 Å². The predicted octanol–water partition coefficient (Wildman–Crippen LogP) is 3.10. The Bertz CT molecular complexity index is 183. The summed E-state index contributed by atoms with van der Waals surface area (Å²) in [6, 6.07) is 0.526. The fourth-order valence-corrected chi connectivity index (χ4v) is 2.71. The van der Waals surface area contributed by atoms with Crippen molar-refractivity contribution in [1.82, 2.24) is 5.32 Å². The minimum absolute atomic E-state index is 0.0882. The molecule has 0 heterocycles. The van der Waals surface area contributed by atoms with Crippen molar-refractivity contribution in [3.63, 3.8) is 0 Å². The smallest absolute Gasteiger partial charge is 0.0610 e. The molecule has 0 amide bonds. The molecule has 0 bridgehead atoms. The lowest BCUT2D eigenvalue weighted by atomic mass is 9.95. The van der Waals surface area contributed by atoms with Crippen LogP contribution >= 0.6 is 0 Å². The molecule has 1 aliphatic carbocycles. The molecule has 0 aromatic carbocycles. The van der Waals surface area contributed by atoms with Crippen molar-refractivity contribution in [2.45, 2.75) is 77.3 Å². The Morgan fingerprint density at radius 1 is 1.38 bits per heavy atom. The Labute approximate surface area is 101 Å². The molecule has 0 aromatic rings. The van der Waals surface area contributed by atoms with Gasteiger partial charge in [-0.05, 0) is 39.0 Å². The van der Waals surface area contributed by atoms with Crippen LogP contribution in [0.1, 0.15) is 65.7 Å². The highest BCUT2D eigenvalue weighted by Crippen LogP contribution is 2.29. The van der Waals surface area contributed by atoms with Crippen molar-refractivity contribution in [2.24, 2.45) is 5.92 Å². The van der Waals surface area contributed by atoms with E-state index < -0.39 is 0 Å². The number of hydrogen-bond donors (Lipinski definition) is 2. The highest BCUT2D eigenvalue weighted by Gasteiger charge is 2.23. The first-order valence-corrected chi connectivity index (χ1v) is 6.98. The van der Waals surface area contributed by atoms with E-state index in [2.05, 4.69) is 26.1 Å². The average molecular weight is 227 g/mol. The number of aliphatic hydroxyl groups excluding tert-OH is 1. The summed E-state index contributed by atoms with van der Waals surface area (Å²) in [5, 5.41) is 12.9. The summed E-state index contributed by atoms with van der Waals surface area (Å²) in [7, 11) is 0. The molecule has 2 nitrogen and oxygen atoms in total. The monoisotopic (exact) mass is 227 g/mol. The summed E-state index contributed by atoms with van der Waals surface area (Å²) in [6.45, 7) is 6.72. The predicted molar refractivity (Wildman–Crippen MR) is 69.6 cm³/mol. The molecule has 2 N–H and O–H groups in total. The summed E-state index contributed by atoms with van der Waals surface area (Å²) in [5.74, 6) is 0.978. The molecule has 2 heteroatoms. The second-order valence-corrected chi connectivity index (χ2v) is 5.85. The van der Waals surface area contributed by atoms with Gasteiger partial charge in [0.05, 0.1) is 6.61 Å². The molecule has 0 aliphatic heterocycles. The molecular formula is C14H29NO. The first-order valence-electron chi connectivity index (χ1n) is 6.98. The summed E-state index contributed by atoms with van der Waals surface area (Å²) in [6.07, 6.45) is 9.36. The molecule has 1 rings (SSSR count). The van der Waals surface area contributed by atoms with E-state index in [9.17, 15) is 5.11 Å². The zero-order valence-corrected chi connectivity index (χ0v) is 11.3. The molecule has 0 aromatic heterocycles. The van der Waals surface area contributed by atoms with E-state index in [1.807, 2.05) is 0 Å². The second-order valence-electron chi connectivity index (χ2n) is 5.85. The van der Waals surface area contributed by atoms with Crippen LogP contribution in [0.3, 0.4) is 0 Å². The molecule has 0 spiro atoms. The van der Waals surface area contributed by atoms with Crippen LogP contribution in [0, 0.1) is 5.92 Å². The lowest BCUT2D eigenvalue weighted by molar-refractivity contribution is 0.155. The number of aliphatic hydroxyl groups is 1. The van der Waals surface area contributed by atoms with Crippen LogP contribution in [0.5, 0.6) is 0 Å². The van der Waals surface area contributed by atoms with Gasteiger partial charge < -0.3 is 10.4 Å². The van der Waals surface area contributed by atoms with Crippen molar-refractivity contribution >= 4 is 0 Å². The van der Waals surface area contributed by atoms with Crippen molar-refractivity contribution in [3.05, 3.63) is 0 Å². The Morgan fingerprint density at radius 2 is 2.00 bits per heavy atom. The molecular weight excluding hydrogens is 198 g/mol. The Kier molecular flexibility index (Phi) is 5.77. The van der Waals surface area contributed by atoms with Gasteiger partial charge in [0.15, 0.2) is 0 Å². The minimum Gasteiger partial charge on any atom is -0.394 e. The Morgan fingerprint density at radius 3 is 2.50 bits per heavy atom. The molecule has 0 radical (unpaired) electrons. The first kappa shape index (κ1) is 14.0. The van der Waals surface area contributed by atoms with Crippen molar-refractivity contribution in [2.75, 3.05) is 6.61 Å². The summed E-state index contributed by atoms with van der Waals surface area (Å²) >= 11 is 0. The standard InChI is InChI=1S/C14H29NO/c1-4-14(3,11-16)15-12(2)9-10-13-7-5-6-8-13/h12-13,15-16H,4-11H2,1-3H3. The zero-order chi connectivity index (χ0) is 12.0. The molecule has 1 fully saturated rings. The molecule has 1 aliphatic rings. The molecule has 16 heavy (non-hydrogen) atoms. The van der Waals surface area contributed by atoms with Gasteiger partial charge >= 0.3 is 0 Å². The zero-order valence-electron chi connectivity index (χ0n) is 11.3. The Balaban J connectivity index is 2.21. The van der Waals surface area contributed by atoms with Crippen molar-refractivity contribution in [3.8, 4) is 0 Å². The van der Waals surface area contributed by atoms with E-state index in [0.29, 0.717) is 6.04 Å². The number of rotatable bonds is 7. The molecule has 1 saturated carbocycles. The van der Waals surface area contributed by atoms with Crippen LogP contribution in [-0.4, -0.2) is 23.3 Å². The summed E-state index contributed by atoms with van der Waals surface area (Å²) in [4.78, 5) is 0. The topological polar surface area (TPSA) is 32.3 Å². The van der Waals surface area contributed by atoms with Gasteiger partial charge in [0.1, 0.15) is 0 Å². The van der Waals surface area contributed by atoms with E-state index >= 15 is 0 Å². The lowest BCUT2D eigenvalue weighted by Crippen LogP contribution is -2.49. The fraction of sp³-hybridized carbons (Fsp3) is 1.00. The number of nitrogens with one attached hydrogen (secondary N) is 1. The van der Waals surface area contributed by atoms with Crippen molar-refractivity contribution in [1.29, 1.82) is 0 Å². The molecule has 0 saturated heterocycles. The first-order chi connectivity index (χ1) is 7.59. The largest absolute Gasteiger partial charge is 0.394 e. The quantitative estimate of drug-likeness (QED) is 0.700. The highest BCUT2D eigenvalue weighted by molar-refractivity contribution is 4.83. The SMILES string of the molecule is CCC(C)(CO)NC(C)CCC1CCCC1. The third kappa shape index (κ3) is 4.42. The van der Waals surface area contributed by atoms with Crippen LogP contribution in [0.4, 0.5) is 0 Å². The summed E-state index contributed by atoms with van der Waals surface area (Å²) in [5.41, 5.74) is -0.0882. The maximum absolute atomic E-state index is 9.35. The third-order valence-corrected chi connectivity index (χ3v) is 4.21. The average Bonchev–Trinajstić information content (AvgIpc) is 2.79. The molecule has 2 unspecified atom stereocenters. The van der Waals surface area contributed by atoms with Gasteiger partial charge in [0.2, 0.25) is 0 Å². The van der Waals surface area contributed by atoms with E-state index in [1.54, 1.807) is 0 Å². The van der Waals surface area contributed by atoms with E-state index in [1.165, 1.54) is 38.5 Å². The summed E-state index contributed by atoms with van der Waals surface area (Å²) < 4.78 is 0. The lowest BCUT2D eigenvalue weighted by Gasteiger charge is -2.31. The van der Waals surface area contributed by atoms with Gasteiger partial charge in [-0.2, -0.15) is 0 Å². The van der Waals surface area contributed by atoms with Crippen LogP contribution in [0.25, 0.3) is 0 Å². The normalized spacial score (nSPS) is 23.2. The van der Waals surface area contributed by atoms with Gasteiger partial charge in [-0.15, -0.1) is 0 Å². The van der Waals surface area contributed by atoms with Gasteiger partial charge in [-0.25, -0.2) is 0 Å². The maximum Gasteiger partial charge on any atom is 0.0610 e.